The van der Waals surface area contributed by atoms with Crippen molar-refractivity contribution in [2.45, 2.75) is 18.9 Å². The minimum Gasteiger partial charge on any atom is -0.368 e. The van der Waals surface area contributed by atoms with Crippen LogP contribution in [0.15, 0.2) is 29.4 Å². The Hall–Kier alpha value is -2.04. The number of amides is 1. The largest absolute Gasteiger partial charge is 0.368 e. The Morgan fingerprint density at radius 1 is 1.47 bits per heavy atom. The molecule has 0 bridgehead atoms. The van der Waals surface area contributed by atoms with Gasteiger partial charge >= 0.3 is 0 Å². The van der Waals surface area contributed by atoms with Crippen molar-refractivity contribution in [1.82, 2.24) is 0 Å². The molecule has 1 saturated heterocycles. The zero-order chi connectivity index (χ0) is 12.1. The molecule has 1 N–H and O–H groups in total. The van der Waals surface area contributed by atoms with Crippen LogP contribution < -0.4 is 5.32 Å². The van der Waals surface area contributed by atoms with Crippen LogP contribution in [0.5, 0.6) is 0 Å². The lowest BCUT2D eigenvalue weighted by molar-refractivity contribution is -0.124. The second-order valence-corrected chi connectivity index (χ2v) is 3.73. The van der Waals surface area contributed by atoms with E-state index in [0.29, 0.717) is 18.0 Å². The highest BCUT2D eigenvalue weighted by Gasteiger charge is 2.23. The van der Waals surface area contributed by atoms with Crippen molar-refractivity contribution in [3.05, 3.63) is 34.7 Å². The fourth-order valence-corrected chi connectivity index (χ4v) is 1.67. The van der Waals surface area contributed by atoms with E-state index in [1.54, 1.807) is 24.3 Å². The van der Waals surface area contributed by atoms with E-state index < -0.39 is 0 Å². The minimum atomic E-state index is -0.341. The van der Waals surface area contributed by atoms with Crippen molar-refractivity contribution in [3.8, 4) is 0 Å². The van der Waals surface area contributed by atoms with Crippen molar-refractivity contribution < 1.29 is 9.53 Å². The SMILES string of the molecule is [N-]=[N+]=Nc1ccc(NC(=O)C2CCCO2)cc1. The maximum atomic E-state index is 11.7. The summed E-state index contributed by atoms with van der Waals surface area (Å²) in [5.74, 6) is -0.126. The summed E-state index contributed by atoms with van der Waals surface area (Å²) in [7, 11) is 0. The summed E-state index contributed by atoms with van der Waals surface area (Å²) < 4.78 is 5.27. The Morgan fingerprint density at radius 3 is 2.82 bits per heavy atom. The third-order valence-corrected chi connectivity index (χ3v) is 2.52. The van der Waals surface area contributed by atoms with Crippen molar-refractivity contribution in [2.24, 2.45) is 5.11 Å². The Balaban J connectivity index is 1.98. The smallest absolute Gasteiger partial charge is 0.253 e. The van der Waals surface area contributed by atoms with E-state index in [4.69, 9.17) is 10.3 Å². The van der Waals surface area contributed by atoms with E-state index in [0.717, 1.165) is 12.8 Å². The molecule has 1 heterocycles. The van der Waals surface area contributed by atoms with E-state index >= 15 is 0 Å². The van der Waals surface area contributed by atoms with Crippen LogP contribution in [0, 0.1) is 0 Å². The quantitative estimate of drug-likeness (QED) is 0.493. The summed E-state index contributed by atoms with van der Waals surface area (Å²) in [5.41, 5.74) is 9.44. The van der Waals surface area contributed by atoms with Crippen LogP contribution in [0.4, 0.5) is 11.4 Å². The summed E-state index contributed by atoms with van der Waals surface area (Å²) in [6.45, 7) is 0.647. The molecule has 1 amide bonds. The lowest BCUT2D eigenvalue weighted by atomic mass is 10.2. The van der Waals surface area contributed by atoms with E-state index in [1.807, 2.05) is 0 Å². The van der Waals surface area contributed by atoms with Crippen molar-refractivity contribution in [2.75, 3.05) is 11.9 Å². The van der Waals surface area contributed by atoms with E-state index in [2.05, 4.69) is 15.3 Å². The normalized spacial score (nSPS) is 18.5. The summed E-state index contributed by atoms with van der Waals surface area (Å²) in [6.07, 6.45) is 1.35. The minimum absolute atomic E-state index is 0.126. The third-order valence-electron chi connectivity index (χ3n) is 2.52. The van der Waals surface area contributed by atoms with Gasteiger partial charge in [-0.1, -0.05) is 17.2 Å². The third kappa shape index (κ3) is 2.96. The Kier molecular flexibility index (Phi) is 3.59. The number of nitrogens with zero attached hydrogens (tertiary/aromatic N) is 3. The first kappa shape index (κ1) is 11.4. The van der Waals surface area contributed by atoms with Crippen LogP contribution in [-0.2, 0) is 9.53 Å². The topological polar surface area (TPSA) is 87.1 Å². The number of carbonyl (C=O) groups excluding carboxylic acids is 1. The molecular weight excluding hydrogens is 220 g/mol. The van der Waals surface area contributed by atoms with Gasteiger partial charge in [0.25, 0.3) is 5.91 Å². The molecule has 1 aliphatic heterocycles. The van der Waals surface area contributed by atoms with Gasteiger partial charge in [0.15, 0.2) is 0 Å². The summed E-state index contributed by atoms with van der Waals surface area (Å²) in [6, 6.07) is 6.67. The Bertz CT molecular complexity index is 445. The second-order valence-electron chi connectivity index (χ2n) is 3.73. The van der Waals surface area contributed by atoms with Crippen LogP contribution in [0.25, 0.3) is 10.4 Å². The predicted octanol–water partition coefficient (Wildman–Crippen LogP) is 2.75. The first-order chi connectivity index (χ1) is 8.29. The Morgan fingerprint density at radius 2 is 2.24 bits per heavy atom. The molecule has 17 heavy (non-hydrogen) atoms. The number of rotatable bonds is 3. The van der Waals surface area contributed by atoms with Crippen LogP contribution in [-0.4, -0.2) is 18.6 Å². The average molecular weight is 232 g/mol. The number of hydrogen-bond donors (Lipinski definition) is 1. The number of azide groups is 1. The van der Waals surface area contributed by atoms with Gasteiger partial charge in [0.05, 0.1) is 0 Å². The molecule has 1 unspecified atom stereocenters. The first-order valence-electron chi connectivity index (χ1n) is 5.37. The molecule has 0 aliphatic carbocycles. The fourth-order valence-electron chi connectivity index (χ4n) is 1.67. The van der Waals surface area contributed by atoms with Gasteiger partial charge in [0.1, 0.15) is 6.10 Å². The average Bonchev–Trinajstić information content (AvgIpc) is 2.86. The summed E-state index contributed by atoms with van der Waals surface area (Å²) >= 11 is 0. The highest BCUT2D eigenvalue weighted by atomic mass is 16.5. The van der Waals surface area contributed by atoms with E-state index in [-0.39, 0.29) is 12.0 Å². The molecule has 0 spiro atoms. The first-order valence-corrected chi connectivity index (χ1v) is 5.37. The number of hydrogen-bond acceptors (Lipinski definition) is 3. The lowest BCUT2D eigenvalue weighted by Gasteiger charge is -2.10. The molecule has 1 aliphatic rings. The van der Waals surface area contributed by atoms with Gasteiger partial charge in [-0.15, -0.1) is 0 Å². The fraction of sp³-hybridized carbons (Fsp3) is 0.364. The molecule has 0 aromatic heterocycles. The standard InChI is InChI=1S/C11H12N4O2/c12-15-14-9-5-3-8(4-6-9)13-11(16)10-2-1-7-17-10/h3-6,10H,1-2,7H2,(H,13,16). The van der Waals surface area contributed by atoms with Crippen molar-refractivity contribution >= 4 is 17.3 Å². The molecule has 1 atom stereocenters. The number of benzene rings is 1. The van der Waals surface area contributed by atoms with Crippen molar-refractivity contribution in [1.29, 1.82) is 0 Å². The Labute approximate surface area is 98.2 Å². The van der Waals surface area contributed by atoms with Crippen LogP contribution in [0.3, 0.4) is 0 Å². The number of nitrogens with one attached hydrogen (secondary N) is 1. The van der Waals surface area contributed by atoms with Gasteiger partial charge in [0, 0.05) is 22.9 Å². The molecule has 6 nitrogen and oxygen atoms in total. The van der Waals surface area contributed by atoms with Gasteiger partial charge in [-0.3, -0.25) is 4.79 Å². The maximum Gasteiger partial charge on any atom is 0.253 e. The predicted molar refractivity (Wildman–Crippen MR) is 62.9 cm³/mol. The molecular formula is C11H12N4O2. The molecule has 0 radical (unpaired) electrons. The number of ether oxygens (including phenoxy) is 1. The van der Waals surface area contributed by atoms with Crippen LogP contribution >= 0.6 is 0 Å². The second kappa shape index (κ2) is 5.34. The van der Waals surface area contributed by atoms with Gasteiger partial charge in [-0.25, -0.2) is 0 Å². The summed E-state index contributed by atoms with van der Waals surface area (Å²) in [4.78, 5) is 14.4. The summed E-state index contributed by atoms with van der Waals surface area (Å²) in [5, 5.41) is 6.20. The monoisotopic (exact) mass is 232 g/mol. The van der Waals surface area contributed by atoms with E-state index in [9.17, 15) is 4.79 Å². The van der Waals surface area contributed by atoms with Gasteiger partial charge in [-0.05, 0) is 30.5 Å². The number of carbonyl (C=O) groups is 1. The highest BCUT2D eigenvalue weighted by Crippen LogP contribution is 2.18. The van der Waals surface area contributed by atoms with Crippen molar-refractivity contribution in [3.63, 3.8) is 0 Å². The molecule has 2 rings (SSSR count). The van der Waals surface area contributed by atoms with Gasteiger partial charge < -0.3 is 10.1 Å². The lowest BCUT2D eigenvalue weighted by Crippen LogP contribution is -2.26. The number of anilines is 1. The zero-order valence-electron chi connectivity index (χ0n) is 9.17. The van der Waals surface area contributed by atoms with Gasteiger partial charge in [-0.2, -0.15) is 0 Å². The molecule has 88 valence electrons. The molecule has 1 fully saturated rings. The highest BCUT2D eigenvalue weighted by molar-refractivity contribution is 5.94. The molecule has 0 saturated carbocycles. The van der Waals surface area contributed by atoms with Crippen LogP contribution in [0.1, 0.15) is 12.8 Å². The maximum absolute atomic E-state index is 11.7. The van der Waals surface area contributed by atoms with Crippen LogP contribution in [0.2, 0.25) is 0 Å². The van der Waals surface area contributed by atoms with E-state index in [1.165, 1.54) is 0 Å². The zero-order valence-corrected chi connectivity index (χ0v) is 9.17. The molecule has 1 aromatic rings. The van der Waals surface area contributed by atoms with Gasteiger partial charge in [0.2, 0.25) is 0 Å². The molecule has 1 aromatic carbocycles. The molecule has 6 heteroatoms.